The Kier molecular flexibility index (Phi) is 4.37. The lowest BCUT2D eigenvalue weighted by atomic mass is 9.44. The summed E-state index contributed by atoms with van der Waals surface area (Å²) in [6.45, 7) is 4.74. The van der Waals surface area contributed by atoms with Crippen molar-refractivity contribution in [2.45, 2.75) is 82.5 Å². The lowest BCUT2D eigenvalue weighted by Gasteiger charge is -2.61. The highest BCUT2D eigenvalue weighted by atomic mass is 16.6. The van der Waals surface area contributed by atoms with Gasteiger partial charge in [0.25, 0.3) is 0 Å². The number of hydrogen-bond acceptors (Lipinski definition) is 6. The first-order valence-corrected chi connectivity index (χ1v) is 12.3. The van der Waals surface area contributed by atoms with Crippen LogP contribution in [0.5, 0.6) is 0 Å². The molecule has 1 spiro atoms. The van der Waals surface area contributed by atoms with Gasteiger partial charge in [0.1, 0.15) is 11.7 Å². The molecule has 4 saturated carbocycles. The summed E-state index contributed by atoms with van der Waals surface area (Å²) >= 11 is 0. The molecule has 10 atom stereocenters. The molecule has 6 heteroatoms. The van der Waals surface area contributed by atoms with Crippen molar-refractivity contribution in [3.05, 3.63) is 34.4 Å². The van der Waals surface area contributed by atoms with Crippen LogP contribution in [-0.2, 0) is 14.3 Å². The van der Waals surface area contributed by atoms with E-state index in [1.807, 2.05) is 6.07 Å². The summed E-state index contributed by atoms with van der Waals surface area (Å²) in [4.78, 5) is 24.7. The molecule has 1 saturated heterocycles. The van der Waals surface area contributed by atoms with Crippen LogP contribution in [0.1, 0.15) is 70.3 Å². The highest BCUT2D eigenvalue weighted by molar-refractivity contribution is 5.77. The van der Waals surface area contributed by atoms with E-state index in [1.165, 1.54) is 13.2 Å². The Hall–Kier alpha value is -1.66. The number of fused-ring (bicyclic) bond motifs is 3. The maximum atomic E-state index is 13.0. The van der Waals surface area contributed by atoms with E-state index in [2.05, 4.69) is 13.8 Å². The fraction of sp³-hybridized carbons (Fsp3) is 0.769. The van der Waals surface area contributed by atoms with Crippen LogP contribution < -0.4 is 5.63 Å². The van der Waals surface area contributed by atoms with Crippen molar-refractivity contribution in [2.24, 2.45) is 34.5 Å². The van der Waals surface area contributed by atoms with E-state index in [4.69, 9.17) is 13.9 Å². The van der Waals surface area contributed by atoms with Gasteiger partial charge in [0.15, 0.2) is 0 Å². The third kappa shape index (κ3) is 2.43. The van der Waals surface area contributed by atoms with Crippen molar-refractivity contribution in [3.8, 4) is 0 Å². The van der Waals surface area contributed by atoms with Gasteiger partial charge in [0, 0.05) is 17.4 Å². The Morgan fingerprint density at radius 3 is 2.66 bits per heavy atom. The molecule has 32 heavy (non-hydrogen) atoms. The van der Waals surface area contributed by atoms with Crippen LogP contribution in [0.15, 0.2) is 27.6 Å². The Morgan fingerprint density at radius 1 is 1.12 bits per heavy atom. The van der Waals surface area contributed by atoms with E-state index in [9.17, 15) is 14.7 Å². The Bertz CT molecular complexity index is 982. The van der Waals surface area contributed by atoms with Crippen molar-refractivity contribution >= 4 is 5.97 Å². The van der Waals surface area contributed by atoms with Crippen molar-refractivity contribution in [1.82, 2.24) is 0 Å². The van der Waals surface area contributed by atoms with Crippen molar-refractivity contribution in [2.75, 3.05) is 7.11 Å². The van der Waals surface area contributed by atoms with Crippen LogP contribution in [-0.4, -0.2) is 36.0 Å². The van der Waals surface area contributed by atoms with E-state index in [0.717, 1.165) is 50.5 Å². The van der Waals surface area contributed by atoms with Crippen molar-refractivity contribution < 1.29 is 23.8 Å². The Balaban J connectivity index is 1.42. The molecule has 1 aromatic heterocycles. The summed E-state index contributed by atoms with van der Waals surface area (Å²) in [7, 11) is 1.45. The molecule has 6 rings (SSSR count). The molecule has 6 nitrogen and oxygen atoms in total. The number of aliphatic hydroxyl groups excluding tert-OH is 1. The third-order valence-electron chi connectivity index (χ3n) is 10.7. The number of esters is 1. The Morgan fingerprint density at radius 2 is 1.94 bits per heavy atom. The minimum atomic E-state index is -0.379. The number of ether oxygens (including phenoxy) is 2. The highest BCUT2D eigenvalue weighted by Gasteiger charge is 2.84. The molecular formula is C26H34O6. The van der Waals surface area contributed by atoms with E-state index >= 15 is 0 Å². The van der Waals surface area contributed by atoms with Gasteiger partial charge in [-0.15, -0.1) is 0 Å². The molecule has 10 unspecified atom stereocenters. The maximum absolute atomic E-state index is 13.0. The summed E-state index contributed by atoms with van der Waals surface area (Å²) in [6.07, 6.45) is 8.44. The van der Waals surface area contributed by atoms with Gasteiger partial charge >= 0.3 is 11.6 Å². The van der Waals surface area contributed by atoms with Crippen LogP contribution in [0.4, 0.5) is 0 Å². The van der Waals surface area contributed by atoms with Crippen LogP contribution in [0.3, 0.4) is 0 Å². The molecule has 2 heterocycles. The summed E-state index contributed by atoms with van der Waals surface area (Å²) in [5.41, 5.74) is 0.218. The van der Waals surface area contributed by atoms with Crippen LogP contribution in [0.25, 0.3) is 0 Å². The fourth-order valence-electron chi connectivity index (χ4n) is 9.25. The zero-order valence-electron chi connectivity index (χ0n) is 19.2. The average Bonchev–Trinajstić information content (AvgIpc) is 3.47. The predicted molar refractivity (Wildman–Crippen MR) is 116 cm³/mol. The minimum absolute atomic E-state index is 0.0855. The lowest BCUT2D eigenvalue weighted by molar-refractivity contribution is -0.154. The first-order valence-electron chi connectivity index (χ1n) is 12.3. The minimum Gasteiger partial charge on any atom is -0.469 e. The normalized spacial score (nSPS) is 51.1. The second kappa shape index (κ2) is 6.69. The van der Waals surface area contributed by atoms with Crippen LogP contribution >= 0.6 is 0 Å². The number of aliphatic hydroxyl groups is 1. The zero-order valence-corrected chi connectivity index (χ0v) is 19.2. The average molecular weight is 443 g/mol. The summed E-state index contributed by atoms with van der Waals surface area (Å²) in [5.74, 6) is 0.847. The maximum Gasteiger partial charge on any atom is 0.335 e. The molecule has 1 aromatic rings. The van der Waals surface area contributed by atoms with Crippen molar-refractivity contribution in [3.63, 3.8) is 0 Å². The van der Waals surface area contributed by atoms with E-state index in [0.29, 0.717) is 17.8 Å². The molecule has 0 radical (unpaired) electrons. The van der Waals surface area contributed by atoms with Gasteiger partial charge < -0.3 is 19.0 Å². The summed E-state index contributed by atoms with van der Waals surface area (Å²) in [5, 5.41) is 10.3. The molecule has 0 aromatic carbocycles. The molecule has 0 bridgehead atoms. The van der Waals surface area contributed by atoms with Gasteiger partial charge in [-0.2, -0.15) is 0 Å². The van der Waals surface area contributed by atoms with Gasteiger partial charge in [-0.25, -0.2) is 4.79 Å². The topological polar surface area (TPSA) is 89.3 Å². The number of carbonyl (C=O) groups is 1. The molecule has 1 N–H and O–H groups in total. The second-order valence-electron chi connectivity index (χ2n) is 11.6. The molecule has 0 amide bonds. The standard InChI is InChI=1S/C26H34O6/c1-24-10-8-16(27)12-15(24)5-6-18-17(24)9-11-25(2)21(14-4-7-19(28)31-13-14)20(23(29)30-3)22-26(18,25)32-22/h4,7,13,15-18,20-22,27H,5-6,8-12H2,1-3H3. The quantitative estimate of drug-likeness (QED) is 0.555. The summed E-state index contributed by atoms with van der Waals surface area (Å²) in [6, 6.07) is 3.28. The SMILES string of the molecule is COC(=O)C1C(c2ccc(=O)oc2)C2(C)CCC3C(CCC4CC(O)CCC43C)C23OC13. The summed E-state index contributed by atoms with van der Waals surface area (Å²) < 4.78 is 17.1. The number of methoxy groups -OCH3 is 1. The smallest absolute Gasteiger partial charge is 0.335 e. The first kappa shape index (κ1) is 20.9. The molecule has 4 aliphatic carbocycles. The highest BCUT2D eigenvalue weighted by Crippen LogP contribution is 2.79. The molecule has 1 aliphatic heterocycles. The van der Waals surface area contributed by atoms with Gasteiger partial charge in [0.2, 0.25) is 0 Å². The van der Waals surface area contributed by atoms with E-state index in [1.54, 1.807) is 6.26 Å². The zero-order chi connectivity index (χ0) is 22.5. The number of hydrogen-bond donors (Lipinski definition) is 1. The predicted octanol–water partition coefficient (Wildman–Crippen LogP) is 3.66. The largest absolute Gasteiger partial charge is 0.469 e. The van der Waals surface area contributed by atoms with Crippen LogP contribution in [0.2, 0.25) is 0 Å². The Labute approximate surface area is 188 Å². The molecule has 5 fully saturated rings. The number of carbonyl (C=O) groups excluding carboxylic acids is 1. The molecular weight excluding hydrogens is 408 g/mol. The van der Waals surface area contributed by atoms with Crippen molar-refractivity contribution in [1.29, 1.82) is 0 Å². The monoisotopic (exact) mass is 442 g/mol. The second-order valence-corrected chi connectivity index (χ2v) is 11.6. The van der Waals surface area contributed by atoms with Gasteiger partial charge in [-0.05, 0) is 79.7 Å². The molecule has 174 valence electrons. The van der Waals surface area contributed by atoms with Gasteiger partial charge in [0.05, 0.1) is 25.4 Å². The number of rotatable bonds is 2. The molecule has 5 aliphatic rings. The number of epoxide rings is 1. The van der Waals surface area contributed by atoms with E-state index < -0.39 is 0 Å². The third-order valence-corrected chi connectivity index (χ3v) is 10.7. The van der Waals surface area contributed by atoms with Gasteiger partial charge in [-0.3, -0.25) is 4.79 Å². The fourth-order valence-corrected chi connectivity index (χ4v) is 9.25. The lowest BCUT2D eigenvalue weighted by Crippen LogP contribution is -2.58. The van der Waals surface area contributed by atoms with Gasteiger partial charge in [-0.1, -0.05) is 13.8 Å². The van der Waals surface area contributed by atoms with E-state index in [-0.39, 0.29) is 52.1 Å². The van der Waals surface area contributed by atoms with Crippen LogP contribution in [0, 0.1) is 34.5 Å². The first-order chi connectivity index (χ1) is 15.3.